The molecule has 0 saturated carbocycles. The van der Waals surface area contributed by atoms with Crippen molar-refractivity contribution >= 4 is 16.5 Å². The van der Waals surface area contributed by atoms with Gasteiger partial charge in [0.2, 0.25) is 0 Å². The molecule has 1 atom stereocenters. The van der Waals surface area contributed by atoms with Gasteiger partial charge in [-0.1, -0.05) is 0 Å². The maximum Gasteiger partial charge on any atom is 0.186 e. The van der Waals surface area contributed by atoms with Crippen LogP contribution in [0.4, 0.5) is 5.13 Å². The molecule has 3 nitrogen and oxygen atoms in total. The Bertz CT molecular complexity index is 337. The average Bonchev–Trinajstić information content (AvgIpc) is 2.82. The van der Waals surface area contributed by atoms with Crippen molar-refractivity contribution in [1.29, 1.82) is 0 Å². The number of fused-ring (bicyclic) bond motifs is 1. The lowest BCUT2D eigenvalue weighted by Gasteiger charge is -2.19. The molecule has 0 aliphatic carbocycles. The number of rotatable bonds is 1. The van der Waals surface area contributed by atoms with Crippen molar-refractivity contribution in [2.24, 2.45) is 0 Å². The molecule has 0 aromatic carbocycles. The zero-order valence-corrected chi connectivity index (χ0v) is 9.94. The van der Waals surface area contributed by atoms with E-state index >= 15 is 0 Å². The Morgan fingerprint density at radius 1 is 1.53 bits per heavy atom. The first-order valence-corrected chi connectivity index (χ1v) is 6.62. The van der Waals surface area contributed by atoms with Gasteiger partial charge in [-0.15, -0.1) is 11.3 Å². The Hall–Kier alpha value is -0.610. The van der Waals surface area contributed by atoms with Crippen LogP contribution in [-0.4, -0.2) is 24.1 Å². The zero-order valence-electron chi connectivity index (χ0n) is 9.12. The van der Waals surface area contributed by atoms with Crippen molar-refractivity contribution in [3.8, 4) is 0 Å². The van der Waals surface area contributed by atoms with Crippen molar-refractivity contribution < 1.29 is 0 Å². The SMILES string of the molecule is CC1CCCN1c1nc2c(s1)CNCC2. The largest absolute Gasteiger partial charge is 0.345 e. The molecule has 2 aliphatic heterocycles. The zero-order chi connectivity index (χ0) is 10.3. The van der Waals surface area contributed by atoms with Crippen molar-refractivity contribution in [2.75, 3.05) is 18.0 Å². The predicted octanol–water partition coefficient (Wildman–Crippen LogP) is 1.78. The molecule has 4 heteroatoms. The molecule has 1 N–H and O–H groups in total. The Morgan fingerprint density at radius 2 is 2.47 bits per heavy atom. The Morgan fingerprint density at radius 3 is 3.20 bits per heavy atom. The summed E-state index contributed by atoms with van der Waals surface area (Å²) in [5.74, 6) is 0. The summed E-state index contributed by atoms with van der Waals surface area (Å²) in [4.78, 5) is 8.72. The van der Waals surface area contributed by atoms with Gasteiger partial charge in [0.25, 0.3) is 0 Å². The summed E-state index contributed by atoms with van der Waals surface area (Å²) >= 11 is 1.89. The normalized spacial score (nSPS) is 25.7. The molecule has 1 aromatic rings. The van der Waals surface area contributed by atoms with Crippen LogP contribution >= 0.6 is 11.3 Å². The van der Waals surface area contributed by atoms with Crippen LogP contribution in [0.2, 0.25) is 0 Å². The van der Waals surface area contributed by atoms with Gasteiger partial charge in [0, 0.05) is 37.0 Å². The van der Waals surface area contributed by atoms with Crippen LogP contribution in [0, 0.1) is 0 Å². The molecule has 0 spiro atoms. The van der Waals surface area contributed by atoms with E-state index in [2.05, 4.69) is 17.1 Å². The number of hydrogen-bond acceptors (Lipinski definition) is 4. The van der Waals surface area contributed by atoms with Gasteiger partial charge in [0.15, 0.2) is 5.13 Å². The lowest BCUT2D eigenvalue weighted by Crippen LogP contribution is -2.26. The van der Waals surface area contributed by atoms with E-state index in [1.807, 2.05) is 11.3 Å². The summed E-state index contributed by atoms with van der Waals surface area (Å²) in [6.45, 7) is 5.62. The Kier molecular flexibility index (Phi) is 2.41. The van der Waals surface area contributed by atoms with E-state index in [1.165, 1.54) is 35.1 Å². The molecule has 3 rings (SSSR count). The fourth-order valence-corrected chi connectivity index (χ4v) is 3.66. The van der Waals surface area contributed by atoms with E-state index in [1.54, 1.807) is 0 Å². The summed E-state index contributed by atoms with van der Waals surface area (Å²) in [7, 11) is 0. The van der Waals surface area contributed by atoms with Gasteiger partial charge >= 0.3 is 0 Å². The Balaban J connectivity index is 1.88. The third-order valence-corrected chi connectivity index (χ3v) is 4.52. The number of aromatic nitrogens is 1. The van der Waals surface area contributed by atoms with E-state index in [9.17, 15) is 0 Å². The van der Waals surface area contributed by atoms with Crippen molar-refractivity contribution in [3.63, 3.8) is 0 Å². The maximum absolute atomic E-state index is 4.79. The predicted molar refractivity (Wildman–Crippen MR) is 63.6 cm³/mol. The number of nitrogens with zero attached hydrogens (tertiary/aromatic N) is 2. The third kappa shape index (κ3) is 1.66. The van der Waals surface area contributed by atoms with Gasteiger partial charge in [-0.05, 0) is 19.8 Å². The van der Waals surface area contributed by atoms with Crippen molar-refractivity contribution in [1.82, 2.24) is 10.3 Å². The minimum absolute atomic E-state index is 0.686. The smallest absolute Gasteiger partial charge is 0.186 e. The molecule has 1 aromatic heterocycles. The van der Waals surface area contributed by atoms with E-state index in [4.69, 9.17) is 4.98 Å². The number of thiazole rings is 1. The molecule has 1 fully saturated rings. The first-order chi connectivity index (χ1) is 7.34. The number of nitrogens with one attached hydrogen (secondary N) is 1. The number of anilines is 1. The van der Waals surface area contributed by atoms with E-state index < -0.39 is 0 Å². The summed E-state index contributed by atoms with van der Waals surface area (Å²) in [5, 5.41) is 4.67. The quantitative estimate of drug-likeness (QED) is 0.786. The summed E-state index contributed by atoms with van der Waals surface area (Å²) in [5.41, 5.74) is 1.34. The first-order valence-electron chi connectivity index (χ1n) is 5.80. The third-order valence-electron chi connectivity index (χ3n) is 3.39. The van der Waals surface area contributed by atoms with Gasteiger partial charge in [-0.25, -0.2) is 4.98 Å². The van der Waals surface area contributed by atoms with Crippen LogP contribution in [0.1, 0.15) is 30.3 Å². The molecule has 3 heterocycles. The van der Waals surface area contributed by atoms with Crippen LogP contribution in [0.25, 0.3) is 0 Å². The minimum Gasteiger partial charge on any atom is -0.345 e. The molecule has 0 bridgehead atoms. The molecule has 2 aliphatic rings. The first kappa shape index (κ1) is 9.60. The molecule has 1 unspecified atom stereocenters. The van der Waals surface area contributed by atoms with Crippen LogP contribution in [-0.2, 0) is 13.0 Å². The minimum atomic E-state index is 0.686. The molecule has 15 heavy (non-hydrogen) atoms. The lowest BCUT2D eigenvalue weighted by molar-refractivity contribution is 0.642. The second-order valence-electron chi connectivity index (χ2n) is 4.48. The Labute approximate surface area is 94.5 Å². The monoisotopic (exact) mass is 223 g/mol. The fourth-order valence-electron chi connectivity index (χ4n) is 2.45. The standard InChI is InChI=1S/C11H17N3S/c1-8-3-2-6-14(8)11-13-9-4-5-12-7-10(9)15-11/h8,12H,2-7H2,1H3. The van der Waals surface area contributed by atoms with Crippen LogP contribution in [0.15, 0.2) is 0 Å². The van der Waals surface area contributed by atoms with Gasteiger partial charge < -0.3 is 10.2 Å². The molecule has 82 valence electrons. The second-order valence-corrected chi connectivity index (χ2v) is 5.54. The second kappa shape index (κ2) is 3.76. The fraction of sp³-hybridized carbons (Fsp3) is 0.727. The highest BCUT2D eigenvalue weighted by atomic mass is 32.1. The molecule has 0 amide bonds. The van der Waals surface area contributed by atoms with Crippen LogP contribution in [0.5, 0.6) is 0 Å². The van der Waals surface area contributed by atoms with Crippen molar-refractivity contribution in [2.45, 2.75) is 38.8 Å². The van der Waals surface area contributed by atoms with Gasteiger partial charge in [-0.2, -0.15) is 0 Å². The summed E-state index contributed by atoms with van der Waals surface area (Å²) in [6.07, 6.45) is 3.75. The topological polar surface area (TPSA) is 28.2 Å². The van der Waals surface area contributed by atoms with Gasteiger partial charge in [0.05, 0.1) is 5.69 Å². The maximum atomic E-state index is 4.79. The lowest BCUT2D eigenvalue weighted by atomic mass is 10.2. The van der Waals surface area contributed by atoms with E-state index in [0.717, 1.165) is 19.5 Å². The molecule has 0 radical (unpaired) electrons. The average molecular weight is 223 g/mol. The van der Waals surface area contributed by atoms with Crippen LogP contribution in [0.3, 0.4) is 0 Å². The van der Waals surface area contributed by atoms with Gasteiger partial charge in [-0.3, -0.25) is 0 Å². The number of hydrogen-bond donors (Lipinski definition) is 1. The summed E-state index contributed by atoms with van der Waals surface area (Å²) in [6, 6.07) is 0.686. The molecule has 1 saturated heterocycles. The van der Waals surface area contributed by atoms with Crippen LogP contribution < -0.4 is 10.2 Å². The van der Waals surface area contributed by atoms with Crippen molar-refractivity contribution in [3.05, 3.63) is 10.6 Å². The highest BCUT2D eigenvalue weighted by Gasteiger charge is 2.25. The van der Waals surface area contributed by atoms with E-state index in [0.29, 0.717) is 6.04 Å². The molecular formula is C11H17N3S. The highest BCUT2D eigenvalue weighted by Crippen LogP contribution is 2.32. The van der Waals surface area contributed by atoms with E-state index in [-0.39, 0.29) is 0 Å². The highest BCUT2D eigenvalue weighted by molar-refractivity contribution is 7.15. The summed E-state index contributed by atoms with van der Waals surface area (Å²) < 4.78 is 0. The van der Waals surface area contributed by atoms with Gasteiger partial charge in [0.1, 0.15) is 0 Å². The molecular weight excluding hydrogens is 206 g/mol.